The van der Waals surface area contributed by atoms with Crippen LogP contribution in [0.25, 0.3) is 10.4 Å². The van der Waals surface area contributed by atoms with Gasteiger partial charge in [0.1, 0.15) is 5.82 Å². The van der Waals surface area contributed by atoms with Gasteiger partial charge in [0.15, 0.2) is 0 Å². The lowest BCUT2D eigenvalue weighted by molar-refractivity contribution is 0.0469. The predicted octanol–water partition coefficient (Wildman–Crippen LogP) is 2.11. The van der Waals surface area contributed by atoms with Crippen LogP contribution in [-0.2, 0) is 24.2 Å². The Balaban J connectivity index is 1.91. The number of halogens is 1. The van der Waals surface area contributed by atoms with Crippen molar-refractivity contribution in [1.29, 1.82) is 0 Å². The highest BCUT2D eigenvalue weighted by atomic mass is 32.2. The molecule has 0 saturated heterocycles. The zero-order valence-electron chi connectivity index (χ0n) is 16.0. The van der Waals surface area contributed by atoms with Gasteiger partial charge in [-0.1, -0.05) is 5.11 Å². The maximum absolute atomic E-state index is 14.2. The number of sulfonamides is 1. The maximum atomic E-state index is 14.2. The van der Waals surface area contributed by atoms with Gasteiger partial charge < -0.3 is 14.2 Å². The SMILES string of the molecule is COC(=O)c1ccc(S(=O)(=O)N(CCOCCOCCN=[N+]=[N-])C2CC2)cc1F. The zero-order chi connectivity index (χ0) is 21.3. The van der Waals surface area contributed by atoms with Crippen molar-refractivity contribution in [3.8, 4) is 0 Å². The van der Waals surface area contributed by atoms with Gasteiger partial charge in [-0.15, -0.1) is 0 Å². The first kappa shape index (κ1) is 23.0. The van der Waals surface area contributed by atoms with Crippen molar-refractivity contribution in [2.45, 2.75) is 23.8 Å². The van der Waals surface area contributed by atoms with Crippen LogP contribution < -0.4 is 0 Å². The number of carbonyl (C=O) groups is 1. The lowest BCUT2D eigenvalue weighted by Crippen LogP contribution is -2.36. The molecule has 0 aromatic heterocycles. The summed E-state index contributed by atoms with van der Waals surface area (Å²) in [6, 6.07) is 2.98. The van der Waals surface area contributed by atoms with E-state index in [4.69, 9.17) is 15.0 Å². The second-order valence-corrected chi connectivity index (χ2v) is 8.05. The summed E-state index contributed by atoms with van der Waals surface area (Å²) in [6.45, 7) is 1.33. The van der Waals surface area contributed by atoms with E-state index < -0.39 is 21.8 Å². The Hall–Kier alpha value is -2.24. The minimum absolute atomic E-state index is 0.117. The average Bonchev–Trinajstić information content (AvgIpc) is 3.53. The first-order valence-corrected chi connectivity index (χ1v) is 10.4. The summed E-state index contributed by atoms with van der Waals surface area (Å²) >= 11 is 0. The van der Waals surface area contributed by atoms with Crippen molar-refractivity contribution in [1.82, 2.24) is 4.31 Å². The van der Waals surface area contributed by atoms with Crippen molar-refractivity contribution in [2.75, 3.05) is 46.6 Å². The molecule has 160 valence electrons. The Bertz CT molecular complexity index is 855. The van der Waals surface area contributed by atoms with Gasteiger partial charge in [-0.05, 0) is 36.6 Å². The van der Waals surface area contributed by atoms with Crippen LogP contribution in [0.3, 0.4) is 0 Å². The number of nitrogens with zero attached hydrogens (tertiary/aromatic N) is 4. The Kier molecular flexibility index (Phi) is 8.80. The minimum Gasteiger partial charge on any atom is -0.465 e. The van der Waals surface area contributed by atoms with Crippen LogP contribution >= 0.6 is 0 Å². The van der Waals surface area contributed by atoms with E-state index in [-0.39, 0.29) is 56.0 Å². The quantitative estimate of drug-likeness (QED) is 0.155. The van der Waals surface area contributed by atoms with E-state index in [1.165, 1.54) is 10.4 Å². The fraction of sp³-hybridized carbons (Fsp3) is 0.588. The maximum Gasteiger partial charge on any atom is 0.340 e. The molecule has 2 rings (SSSR count). The molecular weight excluding hydrogens is 407 g/mol. The molecule has 1 aromatic rings. The molecular formula is C17H23FN4O6S. The van der Waals surface area contributed by atoms with E-state index in [1.54, 1.807) is 0 Å². The Morgan fingerprint density at radius 2 is 1.97 bits per heavy atom. The van der Waals surface area contributed by atoms with Crippen LogP contribution in [-0.4, -0.2) is 71.4 Å². The third-order valence-electron chi connectivity index (χ3n) is 4.13. The van der Waals surface area contributed by atoms with Gasteiger partial charge >= 0.3 is 5.97 Å². The summed E-state index contributed by atoms with van der Waals surface area (Å²) in [5, 5.41) is 3.33. The number of ether oxygens (including phenoxy) is 3. The van der Waals surface area contributed by atoms with Crippen LogP contribution in [0.2, 0.25) is 0 Å². The molecule has 0 unspecified atom stereocenters. The van der Waals surface area contributed by atoms with Crippen molar-refractivity contribution in [3.05, 3.63) is 40.0 Å². The monoisotopic (exact) mass is 430 g/mol. The van der Waals surface area contributed by atoms with Gasteiger partial charge in [-0.25, -0.2) is 17.6 Å². The third kappa shape index (κ3) is 6.65. The zero-order valence-corrected chi connectivity index (χ0v) is 16.8. The molecule has 10 nitrogen and oxygen atoms in total. The van der Waals surface area contributed by atoms with E-state index in [0.29, 0.717) is 0 Å². The fourth-order valence-electron chi connectivity index (χ4n) is 2.56. The molecule has 12 heteroatoms. The van der Waals surface area contributed by atoms with E-state index in [0.717, 1.165) is 32.1 Å². The average molecular weight is 430 g/mol. The lowest BCUT2D eigenvalue weighted by Gasteiger charge is -2.22. The van der Waals surface area contributed by atoms with Crippen molar-refractivity contribution in [3.63, 3.8) is 0 Å². The fourth-order valence-corrected chi connectivity index (χ4v) is 4.24. The molecule has 0 atom stereocenters. The molecule has 0 bridgehead atoms. The molecule has 29 heavy (non-hydrogen) atoms. The Morgan fingerprint density at radius 1 is 1.28 bits per heavy atom. The first-order chi connectivity index (χ1) is 13.9. The number of hydrogen-bond acceptors (Lipinski definition) is 7. The molecule has 1 aromatic carbocycles. The summed E-state index contributed by atoms with van der Waals surface area (Å²) in [5.74, 6) is -1.83. The van der Waals surface area contributed by atoms with Crippen LogP contribution in [0.15, 0.2) is 28.2 Å². The van der Waals surface area contributed by atoms with Gasteiger partial charge in [0, 0.05) is 24.0 Å². The third-order valence-corrected chi connectivity index (χ3v) is 6.08. The summed E-state index contributed by atoms with van der Waals surface area (Å²) < 4.78 is 56.3. The molecule has 0 heterocycles. The second-order valence-electron chi connectivity index (χ2n) is 6.16. The number of esters is 1. The van der Waals surface area contributed by atoms with Gasteiger partial charge in [-0.2, -0.15) is 4.31 Å². The van der Waals surface area contributed by atoms with Crippen LogP contribution in [0.1, 0.15) is 23.2 Å². The van der Waals surface area contributed by atoms with Crippen LogP contribution in [0.5, 0.6) is 0 Å². The second kappa shape index (κ2) is 11.1. The van der Waals surface area contributed by atoms with Gasteiger partial charge in [0.25, 0.3) is 0 Å². The van der Waals surface area contributed by atoms with Crippen molar-refractivity contribution < 1.29 is 31.8 Å². The number of hydrogen-bond donors (Lipinski definition) is 0. The van der Waals surface area contributed by atoms with Gasteiger partial charge in [0.2, 0.25) is 10.0 Å². The lowest BCUT2D eigenvalue weighted by atomic mass is 10.2. The highest BCUT2D eigenvalue weighted by Gasteiger charge is 2.38. The molecule has 0 aliphatic heterocycles. The van der Waals surface area contributed by atoms with Gasteiger partial charge in [0.05, 0.1) is 44.0 Å². The van der Waals surface area contributed by atoms with Gasteiger partial charge in [-0.3, -0.25) is 0 Å². The number of methoxy groups -OCH3 is 1. The van der Waals surface area contributed by atoms with Crippen LogP contribution in [0, 0.1) is 5.82 Å². The molecule has 1 fully saturated rings. The summed E-state index contributed by atoms with van der Waals surface area (Å²) in [6.07, 6.45) is 1.45. The number of benzene rings is 1. The number of azide groups is 1. The highest BCUT2D eigenvalue weighted by Crippen LogP contribution is 2.32. The molecule has 1 saturated carbocycles. The Labute approximate surface area is 168 Å². The van der Waals surface area contributed by atoms with Crippen molar-refractivity contribution in [2.24, 2.45) is 5.11 Å². The Morgan fingerprint density at radius 3 is 2.55 bits per heavy atom. The van der Waals surface area contributed by atoms with Crippen LogP contribution in [0.4, 0.5) is 4.39 Å². The molecule has 1 aliphatic rings. The molecule has 0 radical (unpaired) electrons. The largest absolute Gasteiger partial charge is 0.465 e. The van der Waals surface area contributed by atoms with Crippen molar-refractivity contribution >= 4 is 16.0 Å². The summed E-state index contributed by atoms with van der Waals surface area (Å²) in [4.78, 5) is 13.9. The standard InChI is InChI=1S/C17H23FN4O6S/c1-26-17(23)15-5-4-14(12-16(15)18)29(24,25)22(13-2-3-13)7-9-28-11-10-27-8-6-20-21-19/h4-5,12-13H,2-3,6-11H2,1H3. The highest BCUT2D eigenvalue weighted by molar-refractivity contribution is 7.89. The number of carbonyl (C=O) groups excluding carboxylic acids is 1. The molecule has 0 amide bonds. The topological polar surface area (TPSA) is 131 Å². The van der Waals surface area contributed by atoms with E-state index in [1.807, 2.05) is 0 Å². The summed E-state index contributed by atoms with van der Waals surface area (Å²) in [5.41, 5.74) is 7.81. The molecule has 0 N–H and O–H groups in total. The van der Waals surface area contributed by atoms with E-state index in [2.05, 4.69) is 14.8 Å². The predicted molar refractivity (Wildman–Crippen MR) is 100 cm³/mol. The minimum atomic E-state index is -3.93. The number of rotatable bonds is 13. The molecule has 0 spiro atoms. The summed E-state index contributed by atoms with van der Waals surface area (Å²) in [7, 11) is -2.82. The van der Waals surface area contributed by atoms with E-state index in [9.17, 15) is 17.6 Å². The molecule has 1 aliphatic carbocycles. The smallest absolute Gasteiger partial charge is 0.340 e. The first-order valence-electron chi connectivity index (χ1n) is 8.98. The van der Waals surface area contributed by atoms with E-state index >= 15 is 0 Å². The normalized spacial score (nSPS) is 13.9.